The van der Waals surface area contributed by atoms with E-state index in [0.717, 1.165) is 22.3 Å². The minimum absolute atomic E-state index is 0.00880. The second-order valence-corrected chi connectivity index (χ2v) is 14.7. The highest BCUT2D eigenvalue weighted by atomic mass is 16.6. The highest BCUT2D eigenvalue weighted by Crippen LogP contribution is 2.44. The van der Waals surface area contributed by atoms with Gasteiger partial charge in [-0.2, -0.15) is 0 Å². The van der Waals surface area contributed by atoms with Gasteiger partial charge in [0.15, 0.2) is 0 Å². The fraction of sp³-hybridized carbons (Fsp3) is 0.513. The van der Waals surface area contributed by atoms with E-state index in [0.29, 0.717) is 19.4 Å². The molecule has 0 bridgehead atoms. The summed E-state index contributed by atoms with van der Waals surface area (Å²) in [6.45, 7) is 8.17. The molecule has 292 valence electrons. The molecule has 0 saturated carbocycles. The molecule has 1 saturated heterocycles. The lowest BCUT2D eigenvalue weighted by Gasteiger charge is -2.27. The van der Waals surface area contributed by atoms with Gasteiger partial charge < -0.3 is 36.4 Å². The molecule has 54 heavy (non-hydrogen) atoms. The van der Waals surface area contributed by atoms with Gasteiger partial charge in [0.2, 0.25) is 29.5 Å². The Balaban J connectivity index is 1.32. The number of amides is 6. The summed E-state index contributed by atoms with van der Waals surface area (Å²) >= 11 is 0. The molecule has 2 aromatic rings. The molecule has 1 aliphatic carbocycles. The summed E-state index contributed by atoms with van der Waals surface area (Å²) in [5.74, 6) is -4.53. The smallest absolute Gasteiger partial charge is 0.410 e. The number of carbonyl (C=O) groups is 7. The molecule has 4 rings (SSSR count). The Morgan fingerprint density at radius 2 is 1.30 bits per heavy atom. The second-order valence-electron chi connectivity index (χ2n) is 14.7. The number of carboxylic acid groups (broad SMARTS) is 1. The predicted octanol–water partition coefficient (Wildman–Crippen LogP) is 2.28. The van der Waals surface area contributed by atoms with E-state index in [-0.39, 0.29) is 37.2 Å². The highest BCUT2D eigenvalue weighted by Gasteiger charge is 2.38. The number of benzene rings is 2. The van der Waals surface area contributed by atoms with Crippen molar-refractivity contribution in [1.82, 2.24) is 31.5 Å². The minimum Gasteiger partial charge on any atom is -0.480 e. The SMILES string of the molecule is CC(C)C[C@H](NC(=O)CNC(=O)[C@H](CC(C)C)NC(=O)[C@@H]1CCCN1C(=O)OCC1c2ccccc2-c2ccccc21)C(=O)N[C@@H](C)C(=O)NCC(=O)O. The number of aliphatic carboxylic acids is 1. The lowest BCUT2D eigenvalue weighted by atomic mass is 9.98. The molecular weight excluding hydrogens is 696 g/mol. The van der Waals surface area contributed by atoms with Gasteiger partial charge in [0, 0.05) is 12.5 Å². The van der Waals surface area contributed by atoms with Crippen LogP contribution in [0.3, 0.4) is 0 Å². The highest BCUT2D eigenvalue weighted by molar-refractivity contribution is 5.95. The van der Waals surface area contributed by atoms with Gasteiger partial charge in [0.1, 0.15) is 37.3 Å². The normalized spacial score (nSPS) is 16.4. The van der Waals surface area contributed by atoms with Crippen LogP contribution in [0.2, 0.25) is 0 Å². The number of hydrogen-bond acceptors (Lipinski definition) is 8. The lowest BCUT2D eigenvalue weighted by Crippen LogP contribution is -2.56. The van der Waals surface area contributed by atoms with E-state index in [4.69, 9.17) is 9.84 Å². The molecule has 15 heteroatoms. The van der Waals surface area contributed by atoms with Crippen molar-refractivity contribution in [3.05, 3.63) is 59.7 Å². The topological polar surface area (TPSA) is 212 Å². The summed E-state index contributed by atoms with van der Waals surface area (Å²) in [6, 6.07) is 12.1. The summed E-state index contributed by atoms with van der Waals surface area (Å²) in [6.07, 6.45) is 0.861. The van der Waals surface area contributed by atoms with Crippen molar-refractivity contribution in [3.8, 4) is 11.1 Å². The van der Waals surface area contributed by atoms with Gasteiger partial charge in [-0.05, 0) is 66.7 Å². The number of hydrogen-bond donors (Lipinski definition) is 6. The van der Waals surface area contributed by atoms with Crippen LogP contribution in [0.1, 0.15) is 77.3 Å². The molecule has 1 heterocycles. The number of ether oxygens (including phenoxy) is 1. The Morgan fingerprint density at radius 1 is 0.741 bits per heavy atom. The third-order valence-corrected chi connectivity index (χ3v) is 9.41. The standard InChI is InChI=1S/C39H52N6O9/c1-22(2)17-30(36(50)40-19-33(46)43-31(18-23(3)4)37(51)42-24(5)35(49)41-20-34(47)48)44-38(52)32-15-10-16-45(32)39(53)54-21-29-27-13-8-6-11-25(27)26-12-7-9-14-28(26)29/h6-9,11-14,22-24,29-32H,10,15-21H2,1-5H3,(H,40,50)(H,41,49)(H,42,51)(H,43,46)(H,44,52)(H,47,48)/t24-,30-,31-,32-/m0/s1. The number of carbonyl (C=O) groups excluding carboxylic acids is 6. The molecule has 4 atom stereocenters. The Bertz CT molecular complexity index is 1670. The molecule has 1 aliphatic heterocycles. The first-order valence-corrected chi connectivity index (χ1v) is 18.4. The van der Waals surface area contributed by atoms with Crippen LogP contribution in [0.4, 0.5) is 4.79 Å². The average Bonchev–Trinajstić information content (AvgIpc) is 3.74. The van der Waals surface area contributed by atoms with Gasteiger partial charge in [0.25, 0.3) is 0 Å². The van der Waals surface area contributed by atoms with Crippen molar-refractivity contribution in [2.24, 2.45) is 11.8 Å². The molecule has 0 radical (unpaired) electrons. The molecular formula is C39H52N6O9. The van der Waals surface area contributed by atoms with E-state index in [1.807, 2.05) is 64.1 Å². The van der Waals surface area contributed by atoms with E-state index in [2.05, 4.69) is 38.7 Å². The lowest BCUT2D eigenvalue weighted by molar-refractivity contribution is -0.138. The summed E-state index contributed by atoms with van der Waals surface area (Å²) in [4.78, 5) is 90.5. The van der Waals surface area contributed by atoms with Crippen LogP contribution < -0.4 is 26.6 Å². The second kappa shape index (κ2) is 19.0. The Morgan fingerprint density at radius 3 is 1.87 bits per heavy atom. The van der Waals surface area contributed by atoms with Gasteiger partial charge >= 0.3 is 12.1 Å². The third-order valence-electron chi connectivity index (χ3n) is 9.41. The monoisotopic (exact) mass is 748 g/mol. The predicted molar refractivity (Wildman–Crippen MR) is 199 cm³/mol. The largest absolute Gasteiger partial charge is 0.480 e. The van der Waals surface area contributed by atoms with Crippen molar-refractivity contribution < 1.29 is 43.4 Å². The van der Waals surface area contributed by atoms with Gasteiger partial charge in [-0.25, -0.2) is 4.79 Å². The third kappa shape index (κ3) is 11.0. The van der Waals surface area contributed by atoms with Crippen LogP contribution in [0.15, 0.2) is 48.5 Å². The zero-order chi connectivity index (χ0) is 39.5. The molecule has 0 aromatic heterocycles. The van der Waals surface area contributed by atoms with E-state index in [1.54, 1.807) is 0 Å². The van der Waals surface area contributed by atoms with Crippen molar-refractivity contribution >= 4 is 41.6 Å². The number of nitrogens with zero attached hydrogens (tertiary/aromatic N) is 1. The molecule has 0 unspecified atom stereocenters. The number of nitrogens with one attached hydrogen (secondary N) is 5. The van der Waals surface area contributed by atoms with Crippen LogP contribution >= 0.6 is 0 Å². The number of rotatable bonds is 17. The number of fused-ring (bicyclic) bond motifs is 3. The van der Waals surface area contributed by atoms with Gasteiger partial charge in [0.05, 0.1) is 6.54 Å². The van der Waals surface area contributed by atoms with Crippen molar-refractivity contribution in [2.75, 3.05) is 26.2 Å². The Hall–Kier alpha value is -5.47. The summed E-state index contributed by atoms with van der Waals surface area (Å²) in [5.41, 5.74) is 4.36. The molecule has 15 nitrogen and oxygen atoms in total. The molecule has 6 amide bonds. The molecule has 1 fully saturated rings. The summed E-state index contributed by atoms with van der Waals surface area (Å²) in [5, 5.41) is 21.4. The quantitative estimate of drug-likeness (QED) is 0.140. The fourth-order valence-corrected chi connectivity index (χ4v) is 6.84. The Labute approximate surface area is 315 Å². The summed E-state index contributed by atoms with van der Waals surface area (Å²) < 4.78 is 5.82. The number of carboxylic acids is 1. The maximum Gasteiger partial charge on any atom is 0.410 e. The van der Waals surface area contributed by atoms with Gasteiger partial charge in [-0.15, -0.1) is 0 Å². The van der Waals surface area contributed by atoms with Crippen LogP contribution in [0, 0.1) is 11.8 Å². The van der Waals surface area contributed by atoms with Gasteiger partial charge in [-0.3, -0.25) is 33.7 Å². The van der Waals surface area contributed by atoms with E-state index >= 15 is 0 Å². The van der Waals surface area contributed by atoms with Gasteiger partial charge in [-0.1, -0.05) is 76.2 Å². The maximum atomic E-state index is 13.6. The molecule has 6 N–H and O–H groups in total. The van der Waals surface area contributed by atoms with Crippen LogP contribution in [0.25, 0.3) is 11.1 Å². The zero-order valence-corrected chi connectivity index (χ0v) is 31.5. The van der Waals surface area contributed by atoms with Crippen LogP contribution in [-0.2, 0) is 33.5 Å². The minimum atomic E-state index is -1.24. The molecule has 0 spiro atoms. The summed E-state index contributed by atoms with van der Waals surface area (Å²) in [7, 11) is 0. The van der Waals surface area contributed by atoms with Crippen LogP contribution in [-0.4, -0.2) is 102 Å². The van der Waals surface area contributed by atoms with Crippen LogP contribution in [0.5, 0.6) is 0 Å². The first-order valence-electron chi connectivity index (χ1n) is 18.4. The van der Waals surface area contributed by atoms with E-state index in [9.17, 15) is 33.6 Å². The van der Waals surface area contributed by atoms with Crippen molar-refractivity contribution in [1.29, 1.82) is 0 Å². The zero-order valence-electron chi connectivity index (χ0n) is 31.5. The fourth-order valence-electron chi connectivity index (χ4n) is 6.84. The first kappa shape index (κ1) is 41.3. The molecule has 2 aromatic carbocycles. The average molecular weight is 749 g/mol. The first-order chi connectivity index (χ1) is 25.7. The number of likely N-dealkylation sites (tertiary alicyclic amines) is 1. The van der Waals surface area contributed by atoms with E-state index < -0.39 is 78.9 Å². The van der Waals surface area contributed by atoms with E-state index in [1.165, 1.54) is 11.8 Å². The Kier molecular flexibility index (Phi) is 14.6. The van der Waals surface area contributed by atoms with Crippen molar-refractivity contribution in [3.63, 3.8) is 0 Å². The van der Waals surface area contributed by atoms with Crippen molar-refractivity contribution in [2.45, 2.75) is 90.4 Å². The molecule has 2 aliphatic rings. The maximum absolute atomic E-state index is 13.6.